The van der Waals surface area contributed by atoms with Crippen molar-refractivity contribution in [2.75, 3.05) is 0 Å². The first kappa shape index (κ1) is 19.9. The number of imidazole rings is 1. The van der Waals surface area contributed by atoms with Crippen LogP contribution in [0.3, 0.4) is 0 Å². The summed E-state index contributed by atoms with van der Waals surface area (Å²) in [5.41, 5.74) is 2.81. The lowest BCUT2D eigenvalue weighted by Crippen LogP contribution is -2.10. The maximum atomic E-state index is 15.5. The van der Waals surface area contributed by atoms with Crippen LogP contribution in [0.25, 0.3) is 39.1 Å². The zero-order valence-corrected chi connectivity index (χ0v) is 17.4. The van der Waals surface area contributed by atoms with Gasteiger partial charge >= 0.3 is 0 Å². The Hall–Kier alpha value is -3.75. The van der Waals surface area contributed by atoms with Crippen LogP contribution in [0.2, 0.25) is 0 Å². The van der Waals surface area contributed by atoms with E-state index in [-0.39, 0.29) is 5.92 Å². The zero-order valence-electron chi connectivity index (χ0n) is 17.4. The number of alkyl halides is 2. The topological polar surface area (TPSA) is 58.9 Å². The summed E-state index contributed by atoms with van der Waals surface area (Å²) in [4.78, 5) is 9.06. The largest absolute Gasteiger partial charge is 0.296 e. The SMILES string of the molecule is CC(F)(F)c1cc(-c2cn3c(-c4ccc5[nH]ncc5c4F)c(C4CC4)nc3cn2)ccc1F. The lowest BCUT2D eigenvalue weighted by molar-refractivity contribution is 0.0138. The Morgan fingerprint density at radius 3 is 2.67 bits per heavy atom. The predicted molar refractivity (Wildman–Crippen MR) is 115 cm³/mol. The minimum absolute atomic E-state index is 0.221. The second-order valence-electron chi connectivity index (χ2n) is 8.46. The molecule has 0 amide bonds. The van der Waals surface area contributed by atoms with Gasteiger partial charge in [-0.25, -0.2) is 22.5 Å². The summed E-state index contributed by atoms with van der Waals surface area (Å²) in [6.45, 7) is 0.649. The van der Waals surface area contributed by atoms with E-state index < -0.39 is 23.1 Å². The maximum absolute atomic E-state index is 15.5. The summed E-state index contributed by atoms with van der Waals surface area (Å²) in [5.74, 6) is -4.52. The minimum atomic E-state index is -3.34. The van der Waals surface area contributed by atoms with E-state index in [1.54, 1.807) is 22.7 Å². The molecule has 0 aliphatic heterocycles. The number of aromatic amines is 1. The predicted octanol–water partition coefficient (Wildman–Crippen LogP) is 6.21. The van der Waals surface area contributed by atoms with Crippen molar-refractivity contribution in [2.45, 2.75) is 31.6 Å². The van der Waals surface area contributed by atoms with E-state index in [2.05, 4.69) is 15.2 Å². The Kier molecular flexibility index (Phi) is 4.14. The van der Waals surface area contributed by atoms with Crippen molar-refractivity contribution in [2.24, 2.45) is 0 Å². The monoisotopic (exact) mass is 451 g/mol. The van der Waals surface area contributed by atoms with Crippen LogP contribution in [-0.2, 0) is 5.92 Å². The van der Waals surface area contributed by atoms with Gasteiger partial charge in [-0.3, -0.25) is 14.5 Å². The number of nitrogens with zero attached hydrogens (tertiary/aromatic N) is 4. The first-order valence-electron chi connectivity index (χ1n) is 10.5. The summed E-state index contributed by atoms with van der Waals surface area (Å²) in [7, 11) is 0. The number of H-pyrrole nitrogens is 1. The molecule has 1 aliphatic rings. The number of nitrogens with one attached hydrogen (secondary N) is 1. The van der Waals surface area contributed by atoms with Crippen LogP contribution >= 0.6 is 0 Å². The van der Waals surface area contributed by atoms with Crippen LogP contribution in [0.1, 0.15) is 36.9 Å². The third-order valence-electron chi connectivity index (χ3n) is 6.05. The standard InChI is InChI=1S/C24H17F4N5/c1-24(27,28)16-8-13(4-6-17(16)25)19-11-33-20(10-29-19)31-22(12-2-3-12)23(33)14-5-7-18-15(21(14)26)9-30-32-18/h4-12H,2-3H2,1H3,(H,30,32). The van der Waals surface area contributed by atoms with E-state index in [1.165, 1.54) is 18.5 Å². The van der Waals surface area contributed by atoms with Gasteiger partial charge in [-0.1, -0.05) is 0 Å². The molecule has 1 aliphatic carbocycles. The summed E-state index contributed by atoms with van der Waals surface area (Å²) in [5, 5.41) is 7.04. The van der Waals surface area contributed by atoms with Crippen molar-refractivity contribution in [1.82, 2.24) is 24.6 Å². The molecule has 5 aromatic rings. The van der Waals surface area contributed by atoms with Gasteiger partial charge in [0.2, 0.25) is 0 Å². The van der Waals surface area contributed by atoms with Crippen LogP contribution in [0.5, 0.6) is 0 Å². The van der Waals surface area contributed by atoms with Gasteiger partial charge in [-0.2, -0.15) is 5.10 Å². The lowest BCUT2D eigenvalue weighted by atomic mass is 10.0. The molecule has 33 heavy (non-hydrogen) atoms. The van der Waals surface area contributed by atoms with Gasteiger partial charge in [-0.15, -0.1) is 0 Å². The average molecular weight is 451 g/mol. The summed E-state index contributed by atoms with van der Waals surface area (Å²) in [6.07, 6.45) is 6.50. The maximum Gasteiger partial charge on any atom is 0.273 e. The Balaban J connectivity index is 1.58. The van der Waals surface area contributed by atoms with Crippen molar-refractivity contribution in [1.29, 1.82) is 0 Å². The fraction of sp³-hybridized carbons (Fsp3) is 0.208. The van der Waals surface area contributed by atoms with Crippen molar-refractivity contribution in [3.63, 3.8) is 0 Å². The Morgan fingerprint density at radius 1 is 1.09 bits per heavy atom. The molecule has 0 saturated heterocycles. The molecular weight excluding hydrogens is 434 g/mol. The molecule has 0 unspecified atom stereocenters. The summed E-state index contributed by atoms with van der Waals surface area (Å²) >= 11 is 0. The van der Waals surface area contributed by atoms with Crippen LogP contribution < -0.4 is 0 Å². The Morgan fingerprint density at radius 2 is 1.91 bits per heavy atom. The van der Waals surface area contributed by atoms with Crippen LogP contribution in [0.4, 0.5) is 17.6 Å². The van der Waals surface area contributed by atoms with Crippen molar-refractivity contribution >= 4 is 16.6 Å². The molecule has 9 heteroatoms. The van der Waals surface area contributed by atoms with E-state index in [0.29, 0.717) is 46.0 Å². The Labute approximate surface area is 185 Å². The second kappa shape index (κ2) is 6.87. The summed E-state index contributed by atoms with van der Waals surface area (Å²) in [6, 6.07) is 6.94. The van der Waals surface area contributed by atoms with Gasteiger partial charge < -0.3 is 0 Å². The average Bonchev–Trinajstić information content (AvgIpc) is 3.38. The zero-order chi connectivity index (χ0) is 22.9. The van der Waals surface area contributed by atoms with Gasteiger partial charge in [0, 0.05) is 30.2 Å². The number of hydrogen-bond donors (Lipinski definition) is 1. The fourth-order valence-corrected chi connectivity index (χ4v) is 4.22. The van der Waals surface area contributed by atoms with Crippen molar-refractivity contribution < 1.29 is 17.6 Å². The van der Waals surface area contributed by atoms with Gasteiger partial charge in [-0.05, 0) is 43.2 Å². The molecule has 3 aromatic heterocycles. The molecule has 2 aromatic carbocycles. The van der Waals surface area contributed by atoms with Crippen LogP contribution in [0.15, 0.2) is 48.9 Å². The lowest BCUT2D eigenvalue weighted by Gasteiger charge is -2.13. The van der Waals surface area contributed by atoms with Crippen LogP contribution in [-0.4, -0.2) is 24.6 Å². The first-order chi connectivity index (χ1) is 15.8. The number of hydrogen-bond acceptors (Lipinski definition) is 3. The highest BCUT2D eigenvalue weighted by Crippen LogP contribution is 2.45. The first-order valence-corrected chi connectivity index (χ1v) is 10.5. The third kappa shape index (κ3) is 3.18. The number of benzene rings is 2. The second-order valence-corrected chi connectivity index (χ2v) is 8.46. The van der Waals surface area contributed by atoms with Gasteiger partial charge in [0.25, 0.3) is 5.92 Å². The molecular formula is C24H17F4N5. The molecule has 1 N–H and O–H groups in total. The van der Waals surface area contributed by atoms with E-state index >= 15 is 4.39 Å². The highest BCUT2D eigenvalue weighted by Gasteiger charge is 2.32. The molecule has 1 fully saturated rings. The quantitative estimate of drug-likeness (QED) is 0.331. The molecule has 0 bridgehead atoms. The highest BCUT2D eigenvalue weighted by atomic mass is 19.3. The van der Waals surface area contributed by atoms with Crippen molar-refractivity contribution in [3.8, 4) is 22.5 Å². The van der Waals surface area contributed by atoms with E-state index in [4.69, 9.17) is 4.98 Å². The van der Waals surface area contributed by atoms with Gasteiger partial charge in [0.15, 0.2) is 5.65 Å². The van der Waals surface area contributed by atoms with Crippen molar-refractivity contribution in [3.05, 3.63) is 71.8 Å². The molecule has 0 radical (unpaired) electrons. The molecule has 0 spiro atoms. The molecule has 1 saturated carbocycles. The Bertz CT molecular complexity index is 1540. The highest BCUT2D eigenvalue weighted by molar-refractivity contribution is 5.85. The van der Waals surface area contributed by atoms with E-state index in [1.807, 2.05) is 0 Å². The van der Waals surface area contributed by atoms with Gasteiger partial charge in [0.1, 0.15) is 11.6 Å². The normalized spacial score (nSPS) is 14.5. The van der Waals surface area contributed by atoms with E-state index in [0.717, 1.165) is 30.7 Å². The number of rotatable bonds is 4. The van der Waals surface area contributed by atoms with E-state index in [9.17, 15) is 13.2 Å². The third-order valence-corrected chi connectivity index (χ3v) is 6.05. The van der Waals surface area contributed by atoms with Crippen LogP contribution in [0, 0.1) is 11.6 Å². The minimum Gasteiger partial charge on any atom is -0.296 e. The molecule has 3 heterocycles. The smallest absolute Gasteiger partial charge is 0.273 e. The number of halogens is 4. The molecule has 166 valence electrons. The number of fused-ring (bicyclic) bond motifs is 2. The summed E-state index contributed by atoms with van der Waals surface area (Å²) < 4.78 is 58.9. The molecule has 6 rings (SSSR count). The molecule has 5 nitrogen and oxygen atoms in total. The fourth-order valence-electron chi connectivity index (χ4n) is 4.22. The number of aromatic nitrogens is 5. The molecule has 0 atom stereocenters. The van der Waals surface area contributed by atoms with Gasteiger partial charge in [0.05, 0.1) is 45.9 Å².